The normalized spacial score (nSPS) is 26.8. The molecule has 1 amide bonds. The van der Waals surface area contributed by atoms with E-state index in [1.807, 2.05) is 6.07 Å². The van der Waals surface area contributed by atoms with Crippen LogP contribution in [0.2, 0.25) is 0 Å². The Hall–Kier alpha value is -1.36. The largest absolute Gasteiger partial charge is 0.349 e. The van der Waals surface area contributed by atoms with Gasteiger partial charge in [0, 0.05) is 37.8 Å². The van der Waals surface area contributed by atoms with E-state index < -0.39 is 0 Å². The summed E-state index contributed by atoms with van der Waals surface area (Å²) in [5.74, 6) is 2.07. The van der Waals surface area contributed by atoms with Gasteiger partial charge in [0.05, 0.1) is 0 Å². The molecule has 2 aliphatic rings. The van der Waals surface area contributed by atoms with Crippen molar-refractivity contribution >= 4 is 5.91 Å². The number of H-pyrrole nitrogens is 1. The molecule has 0 spiro atoms. The number of carbonyl (C=O) groups excluding carboxylic acids is 1. The van der Waals surface area contributed by atoms with Crippen LogP contribution in [0.25, 0.3) is 0 Å². The van der Waals surface area contributed by atoms with Crippen LogP contribution in [0.1, 0.15) is 55.2 Å². The molecule has 0 bridgehead atoms. The fourth-order valence-corrected chi connectivity index (χ4v) is 3.45. The molecule has 21 heavy (non-hydrogen) atoms. The van der Waals surface area contributed by atoms with Crippen LogP contribution in [-0.4, -0.2) is 47.2 Å². The predicted molar refractivity (Wildman–Crippen MR) is 82.3 cm³/mol. The molecule has 0 aromatic carbocycles. The van der Waals surface area contributed by atoms with Crippen LogP contribution in [0.15, 0.2) is 6.07 Å². The van der Waals surface area contributed by atoms with Gasteiger partial charge in [-0.05, 0) is 37.2 Å². The van der Waals surface area contributed by atoms with Crippen LogP contribution in [-0.2, 0) is 0 Å². The van der Waals surface area contributed by atoms with Gasteiger partial charge in [-0.15, -0.1) is 0 Å². The van der Waals surface area contributed by atoms with Crippen molar-refractivity contribution in [3.05, 3.63) is 17.5 Å². The highest BCUT2D eigenvalue weighted by Crippen LogP contribution is 2.38. The Morgan fingerprint density at radius 3 is 2.76 bits per heavy atom. The second-order valence-electron chi connectivity index (χ2n) is 6.94. The van der Waals surface area contributed by atoms with Gasteiger partial charge in [-0.3, -0.25) is 9.89 Å². The molecule has 1 aliphatic carbocycles. The average molecular weight is 290 g/mol. The van der Waals surface area contributed by atoms with Gasteiger partial charge < -0.3 is 10.2 Å². The minimum Gasteiger partial charge on any atom is -0.349 e. The molecule has 5 nitrogen and oxygen atoms in total. The number of aromatic nitrogens is 2. The first-order valence-electron chi connectivity index (χ1n) is 8.17. The molecular weight excluding hydrogens is 264 g/mol. The van der Waals surface area contributed by atoms with Crippen LogP contribution < -0.4 is 5.32 Å². The zero-order valence-corrected chi connectivity index (χ0v) is 13.1. The smallest absolute Gasteiger partial charge is 0.271 e. The molecule has 2 atom stereocenters. The average Bonchev–Trinajstić information content (AvgIpc) is 3.15. The quantitative estimate of drug-likeness (QED) is 0.872. The highest BCUT2D eigenvalue weighted by molar-refractivity contribution is 5.92. The summed E-state index contributed by atoms with van der Waals surface area (Å²) in [5, 5.41) is 10.1. The molecule has 1 saturated heterocycles. The summed E-state index contributed by atoms with van der Waals surface area (Å²) in [6.45, 7) is 8.54. The second-order valence-corrected chi connectivity index (χ2v) is 6.94. The number of carbonyl (C=O) groups is 1. The first kappa shape index (κ1) is 14.6. The van der Waals surface area contributed by atoms with Gasteiger partial charge in [-0.1, -0.05) is 13.8 Å². The summed E-state index contributed by atoms with van der Waals surface area (Å²) in [7, 11) is 0. The summed E-state index contributed by atoms with van der Waals surface area (Å²) < 4.78 is 0. The van der Waals surface area contributed by atoms with Crippen molar-refractivity contribution in [3.8, 4) is 0 Å². The van der Waals surface area contributed by atoms with E-state index in [4.69, 9.17) is 0 Å². The molecule has 2 N–H and O–H groups in total. The monoisotopic (exact) mass is 290 g/mol. The number of nitrogens with one attached hydrogen (secondary N) is 2. The van der Waals surface area contributed by atoms with Crippen molar-refractivity contribution < 1.29 is 4.79 Å². The summed E-state index contributed by atoms with van der Waals surface area (Å²) in [6.07, 6.45) is 3.75. The SMILES string of the molecule is C[C@@H]1C[C@@H](C)CN(CCNC(=O)c2cc(C3CC3)[nH]n2)C1. The molecule has 2 fully saturated rings. The lowest BCUT2D eigenvalue weighted by Gasteiger charge is -2.34. The highest BCUT2D eigenvalue weighted by Gasteiger charge is 2.26. The van der Waals surface area contributed by atoms with E-state index in [1.54, 1.807) is 0 Å². The molecular formula is C16H26N4O. The zero-order valence-electron chi connectivity index (χ0n) is 13.1. The van der Waals surface area contributed by atoms with E-state index in [2.05, 4.69) is 34.3 Å². The van der Waals surface area contributed by atoms with Gasteiger partial charge >= 0.3 is 0 Å². The minimum atomic E-state index is -0.0590. The number of aromatic amines is 1. The Balaban J connectivity index is 1.42. The van der Waals surface area contributed by atoms with Crippen LogP contribution in [0, 0.1) is 11.8 Å². The van der Waals surface area contributed by atoms with Crippen LogP contribution in [0.4, 0.5) is 0 Å². The first-order chi connectivity index (χ1) is 10.1. The van der Waals surface area contributed by atoms with Crippen molar-refractivity contribution in [2.45, 2.75) is 39.0 Å². The molecule has 3 rings (SSSR count). The Morgan fingerprint density at radius 1 is 1.38 bits per heavy atom. The molecule has 1 saturated carbocycles. The number of amides is 1. The number of hydrogen-bond donors (Lipinski definition) is 2. The number of likely N-dealkylation sites (tertiary alicyclic amines) is 1. The summed E-state index contributed by atoms with van der Waals surface area (Å²) >= 11 is 0. The van der Waals surface area contributed by atoms with Gasteiger partial charge in [-0.2, -0.15) is 5.10 Å². The first-order valence-corrected chi connectivity index (χ1v) is 8.17. The van der Waals surface area contributed by atoms with E-state index in [1.165, 1.54) is 19.3 Å². The number of rotatable bonds is 5. The number of hydrogen-bond acceptors (Lipinski definition) is 3. The summed E-state index contributed by atoms with van der Waals surface area (Å²) in [6, 6.07) is 1.90. The Bertz CT molecular complexity index is 484. The lowest BCUT2D eigenvalue weighted by atomic mass is 9.92. The predicted octanol–water partition coefficient (Wildman–Crippen LogP) is 1.99. The van der Waals surface area contributed by atoms with Gasteiger partial charge in [0.2, 0.25) is 0 Å². The molecule has 1 aliphatic heterocycles. The number of piperidine rings is 1. The fourth-order valence-electron chi connectivity index (χ4n) is 3.45. The van der Waals surface area contributed by atoms with Gasteiger partial charge in [0.1, 0.15) is 5.69 Å². The van der Waals surface area contributed by atoms with Crippen LogP contribution in [0.5, 0.6) is 0 Å². The molecule has 2 heterocycles. The molecule has 0 radical (unpaired) electrons. The fraction of sp³-hybridized carbons (Fsp3) is 0.750. The van der Waals surface area contributed by atoms with Gasteiger partial charge in [0.25, 0.3) is 5.91 Å². The van der Waals surface area contributed by atoms with Crippen LogP contribution >= 0.6 is 0 Å². The maximum atomic E-state index is 12.1. The molecule has 1 aromatic heterocycles. The third-order valence-electron chi connectivity index (χ3n) is 4.51. The van der Waals surface area contributed by atoms with E-state index in [0.717, 1.165) is 37.2 Å². The maximum absolute atomic E-state index is 12.1. The van der Waals surface area contributed by atoms with Crippen molar-refractivity contribution in [2.24, 2.45) is 11.8 Å². The molecule has 116 valence electrons. The van der Waals surface area contributed by atoms with Gasteiger partial charge in [-0.25, -0.2) is 0 Å². The summed E-state index contributed by atoms with van der Waals surface area (Å²) in [4.78, 5) is 14.5. The third kappa shape index (κ3) is 3.84. The van der Waals surface area contributed by atoms with Crippen LogP contribution in [0.3, 0.4) is 0 Å². The minimum absolute atomic E-state index is 0.0590. The topological polar surface area (TPSA) is 61.0 Å². The second kappa shape index (κ2) is 6.18. The van der Waals surface area contributed by atoms with E-state index in [0.29, 0.717) is 18.2 Å². The molecule has 0 unspecified atom stereocenters. The molecule has 1 aromatic rings. The van der Waals surface area contributed by atoms with E-state index in [9.17, 15) is 4.79 Å². The van der Waals surface area contributed by atoms with Crippen molar-refractivity contribution in [3.63, 3.8) is 0 Å². The zero-order chi connectivity index (χ0) is 14.8. The van der Waals surface area contributed by atoms with E-state index >= 15 is 0 Å². The lowest BCUT2D eigenvalue weighted by Crippen LogP contribution is -2.42. The maximum Gasteiger partial charge on any atom is 0.271 e. The van der Waals surface area contributed by atoms with Gasteiger partial charge in [0.15, 0.2) is 0 Å². The summed E-state index contributed by atoms with van der Waals surface area (Å²) in [5.41, 5.74) is 1.64. The third-order valence-corrected chi connectivity index (χ3v) is 4.51. The highest BCUT2D eigenvalue weighted by atomic mass is 16.1. The van der Waals surface area contributed by atoms with Crippen molar-refractivity contribution in [1.29, 1.82) is 0 Å². The number of nitrogens with zero attached hydrogens (tertiary/aromatic N) is 2. The lowest BCUT2D eigenvalue weighted by molar-refractivity contribution is 0.0931. The standard InChI is InChI=1S/C16H26N4O/c1-11-7-12(2)10-20(9-11)6-5-17-16(21)15-8-14(18-19-15)13-3-4-13/h8,11-13H,3-7,9-10H2,1-2H3,(H,17,21)(H,18,19)/t11-,12-/m1/s1. The Labute approximate surface area is 126 Å². The Morgan fingerprint density at radius 2 is 2.10 bits per heavy atom. The Kier molecular flexibility index (Phi) is 4.29. The van der Waals surface area contributed by atoms with Crippen molar-refractivity contribution in [2.75, 3.05) is 26.2 Å². The van der Waals surface area contributed by atoms with Crippen molar-refractivity contribution in [1.82, 2.24) is 20.4 Å². The molecule has 5 heteroatoms. The van der Waals surface area contributed by atoms with E-state index in [-0.39, 0.29) is 5.91 Å².